The summed E-state index contributed by atoms with van der Waals surface area (Å²) in [5.41, 5.74) is 4.75. The summed E-state index contributed by atoms with van der Waals surface area (Å²) in [6, 6.07) is 15.3. The molecule has 35 heavy (non-hydrogen) atoms. The van der Waals surface area contributed by atoms with Crippen molar-refractivity contribution < 1.29 is 24.2 Å². The third-order valence-corrected chi connectivity index (χ3v) is 6.94. The number of nitrogens with one attached hydrogen (secondary N) is 2. The zero-order valence-electron chi connectivity index (χ0n) is 19.5. The van der Waals surface area contributed by atoms with Gasteiger partial charge in [0.15, 0.2) is 0 Å². The van der Waals surface area contributed by atoms with Crippen LogP contribution in [0.1, 0.15) is 57.2 Å². The quantitative estimate of drug-likeness (QED) is 0.405. The molecular weight excluding hydrogens is 466 g/mol. The number of carboxylic acids is 1. The van der Waals surface area contributed by atoms with Gasteiger partial charge in [-0.15, -0.1) is 11.3 Å². The van der Waals surface area contributed by atoms with Crippen LogP contribution < -0.4 is 10.6 Å². The van der Waals surface area contributed by atoms with Crippen molar-refractivity contribution in [2.24, 2.45) is 0 Å². The fraction of sp³-hybridized carbons (Fsp3) is 0.308. The zero-order chi connectivity index (χ0) is 24.9. The number of ether oxygens (including phenoxy) is 1. The molecular formula is C26H27N3O5S. The summed E-state index contributed by atoms with van der Waals surface area (Å²) in [4.78, 5) is 41.2. The Morgan fingerprint density at radius 3 is 2.31 bits per heavy atom. The van der Waals surface area contributed by atoms with E-state index in [0.29, 0.717) is 22.7 Å². The molecule has 3 aromatic rings. The lowest BCUT2D eigenvalue weighted by molar-refractivity contribution is -0.139. The third-order valence-electron chi connectivity index (χ3n) is 5.96. The number of carbonyl (C=O) groups excluding carboxylic acids is 2. The Morgan fingerprint density at radius 2 is 1.71 bits per heavy atom. The molecule has 1 aliphatic carbocycles. The second-order valence-electron chi connectivity index (χ2n) is 8.34. The Balaban J connectivity index is 1.34. The van der Waals surface area contributed by atoms with Crippen LogP contribution in [0.2, 0.25) is 0 Å². The molecule has 0 aliphatic heterocycles. The minimum atomic E-state index is -1.08. The van der Waals surface area contributed by atoms with Crippen molar-refractivity contribution in [3.05, 3.63) is 75.2 Å². The number of fused-ring (bicyclic) bond motifs is 3. The van der Waals surface area contributed by atoms with Crippen LogP contribution in [0.4, 0.5) is 4.79 Å². The molecule has 8 nitrogen and oxygen atoms in total. The van der Waals surface area contributed by atoms with Gasteiger partial charge in [0.2, 0.25) is 0 Å². The Hall–Kier alpha value is -3.72. The largest absolute Gasteiger partial charge is 0.480 e. The van der Waals surface area contributed by atoms with E-state index in [2.05, 4.69) is 39.9 Å². The summed E-state index contributed by atoms with van der Waals surface area (Å²) in [5.74, 6) is -1.65. The number of hydrogen-bond acceptors (Lipinski definition) is 6. The van der Waals surface area contributed by atoms with Crippen LogP contribution in [0.5, 0.6) is 0 Å². The first kappa shape index (κ1) is 24.4. The van der Waals surface area contributed by atoms with E-state index < -0.39 is 24.0 Å². The van der Waals surface area contributed by atoms with E-state index in [0.717, 1.165) is 22.3 Å². The molecule has 0 radical (unpaired) electrons. The molecule has 9 heteroatoms. The number of carboxylic acid groups (broad SMARTS) is 1. The first-order chi connectivity index (χ1) is 16.9. The van der Waals surface area contributed by atoms with Gasteiger partial charge in [-0.2, -0.15) is 0 Å². The van der Waals surface area contributed by atoms with Crippen molar-refractivity contribution in [1.29, 1.82) is 0 Å². The summed E-state index contributed by atoms with van der Waals surface area (Å²) < 4.78 is 5.53. The van der Waals surface area contributed by atoms with Crippen LogP contribution in [0.3, 0.4) is 0 Å². The van der Waals surface area contributed by atoms with Crippen LogP contribution in [0.15, 0.2) is 48.5 Å². The Kier molecular flexibility index (Phi) is 7.45. The van der Waals surface area contributed by atoms with Gasteiger partial charge < -0.3 is 20.5 Å². The molecule has 2 amide bonds. The van der Waals surface area contributed by atoms with Crippen LogP contribution in [0, 0.1) is 6.92 Å². The molecule has 2 aromatic carbocycles. The van der Waals surface area contributed by atoms with Crippen LogP contribution in [-0.4, -0.2) is 40.7 Å². The highest BCUT2D eigenvalue weighted by atomic mass is 32.1. The molecule has 182 valence electrons. The number of hydrogen-bond donors (Lipinski definition) is 3. The second-order valence-corrected chi connectivity index (χ2v) is 9.63. The van der Waals surface area contributed by atoms with E-state index in [1.807, 2.05) is 31.2 Å². The lowest BCUT2D eigenvalue weighted by Crippen LogP contribution is -2.41. The minimum Gasteiger partial charge on any atom is -0.480 e. The number of thiazole rings is 1. The average Bonchev–Trinajstić information content (AvgIpc) is 3.38. The predicted octanol–water partition coefficient (Wildman–Crippen LogP) is 4.47. The molecule has 1 atom stereocenters. The van der Waals surface area contributed by atoms with Crippen molar-refractivity contribution in [2.45, 2.75) is 45.2 Å². The maximum Gasteiger partial charge on any atom is 0.407 e. The fourth-order valence-electron chi connectivity index (χ4n) is 4.31. The molecule has 1 aromatic heterocycles. The van der Waals surface area contributed by atoms with Crippen molar-refractivity contribution in [1.82, 2.24) is 15.6 Å². The van der Waals surface area contributed by atoms with E-state index in [-0.39, 0.29) is 24.8 Å². The average molecular weight is 494 g/mol. The molecule has 0 saturated carbocycles. The lowest BCUT2D eigenvalue weighted by atomic mass is 9.98. The molecule has 4 rings (SSSR count). The van der Waals surface area contributed by atoms with Gasteiger partial charge in [0.05, 0.1) is 6.54 Å². The third kappa shape index (κ3) is 5.35. The number of nitrogens with zero attached hydrogens (tertiary/aromatic N) is 1. The second kappa shape index (κ2) is 10.7. The summed E-state index contributed by atoms with van der Waals surface area (Å²) in [6.45, 7) is 3.90. The Bertz CT molecular complexity index is 1210. The smallest absolute Gasteiger partial charge is 0.407 e. The number of benzene rings is 2. The monoisotopic (exact) mass is 493 g/mol. The number of carbonyl (C=O) groups is 3. The molecule has 1 heterocycles. The van der Waals surface area contributed by atoms with E-state index in [1.54, 1.807) is 6.92 Å². The molecule has 0 spiro atoms. The normalized spacial score (nSPS) is 13.0. The molecule has 0 saturated heterocycles. The number of aromatic nitrogens is 1. The van der Waals surface area contributed by atoms with Crippen LogP contribution >= 0.6 is 11.3 Å². The van der Waals surface area contributed by atoms with E-state index >= 15 is 0 Å². The lowest BCUT2D eigenvalue weighted by Gasteiger charge is -2.14. The number of amides is 2. The summed E-state index contributed by atoms with van der Waals surface area (Å²) >= 11 is 1.27. The van der Waals surface area contributed by atoms with E-state index in [9.17, 15) is 19.5 Å². The van der Waals surface area contributed by atoms with Gasteiger partial charge in [-0.05, 0) is 35.6 Å². The molecule has 1 aliphatic rings. The maximum absolute atomic E-state index is 12.5. The van der Waals surface area contributed by atoms with Crippen molar-refractivity contribution in [2.75, 3.05) is 6.61 Å². The van der Waals surface area contributed by atoms with Crippen LogP contribution in [-0.2, 0) is 16.1 Å². The van der Waals surface area contributed by atoms with Gasteiger partial charge in [0.25, 0.3) is 5.91 Å². The molecule has 0 fully saturated rings. The topological polar surface area (TPSA) is 118 Å². The summed E-state index contributed by atoms with van der Waals surface area (Å²) in [5, 5.41) is 15.0. The van der Waals surface area contributed by atoms with Gasteiger partial charge in [-0.1, -0.05) is 61.9 Å². The highest BCUT2D eigenvalue weighted by molar-refractivity contribution is 7.11. The Labute approximate surface area is 207 Å². The summed E-state index contributed by atoms with van der Waals surface area (Å²) in [6.07, 6.45) is 0.392. The highest BCUT2D eigenvalue weighted by Gasteiger charge is 2.29. The fourth-order valence-corrected chi connectivity index (χ4v) is 5.18. The number of aliphatic carboxylic acids is 1. The Morgan fingerprint density at radius 1 is 1.09 bits per heavy atom. The number of alkyl carbamates (subject to hydrolysis) is 1. The highest BCUT2D eigenvalue weighted by Crippen LogP contribution is 2.44. The van der Waals surface area contributed by atoms with Gasteiger partial charge >= 0.3 is 12.1 Å². The first-order valence-corrected chi connectivity index (χ1v) is 12.3. The van der Waals surface area contributed by atoms with Crippen molar-refractivity contribution in [3.8, 4) is 11.1 Å². The van der Waals surface area contributed by atoms with Gasteiger partial charge in [0.1, 0.15) is 23.4 Å². The maximum atomic E-state index is 12.5. The number of rotatable bonds is 9. The van der Waals surface area contributed by atoms with Gasteiger partial charge in [-0.25, -0.2) is 14.6 Å². The molecule has 1 unspecified atom stereocenters. The molecule has 3 N–H and O–H groups in total. The van der Waals surface area contributed by atoms with Crippen molar-refractivity contribution >= 4 is 29.3 Å². The van der Waals surface area contributed by atoms with Gasteiger partial charge in [-0.3, -0.25) is 4.79 Å². The van der Waals surface area contributed by atoms with Crippen LogP contribution in [0.25, 0.3) is 11.1 Å². The zero-order valence-corrected chi connectivity index (χ0v) is 20.4. The summed E-state index contributed by atoms with van der Waals surface area (Å²) in [7, 11) is 0. The predicted molar refractivity (Wildman–Crippen MR) is 133 cm³/mol. The SMILES string of the molecule is CCCC(NC(=O)c1nc(CNC(=O)OCC2c3ccccc3-c3ccccc32)sc1C)C(=O)O. The first-order valence-electron chi connectivity index (χ1n) is 11.5. The van der Waals surface area contributed by atoms with Gasteiger partial charge in [0, 0.05) is 10.8 Å². The van der Waals surface area contributed by atoms with E-state index in [4.69, 9.17) is 4.74 Å². The van der Waals surface area contributed by atoms with E-state index in [1.165, 1.54) is 11.3 Å². The standard InChI is InChI=1S/C26H27N3O5S/c1-3-8-21(25(31)32)28-24(30)23-15(2)35-22(29-23)13-27-26(33)34-14-20-18-11-6-4-9-16(18)17-10-5-7-12-19(17)20/h4-7,9-12,20-21H,3,8,13-14H2,1-2H3,(H,27,33)(H,28,30)(H,31,32). The van der Waals surface area contributed by atoms with Crippen molar-refractivity contribution in [3.63, 3.8) is 0 Å². The minimum absolute atomic E-state index is 0.0316. The molecule has 0 bridgehead atoms. The number of aryl methyl sites for hydroxylation is 1.